The summed E-state index contributed by atoms with van der Waals surface area (Å²) < 4.78 is 28.5. The maximum absolute atomic E-state index is 12.3. The van der Waals surface area contributed by atoms with E-state index in [0.717, 1.165) is 0 Å². The van der Waals surface area contributed by atoms with Gasteiger partial charge in [-0.15, -0.1) is 0 Å². The van der Waals surface area contributed by atoms with Crippen LogP contribution in [0.4, 0.5) is 11.4 Å². The monoisotopic (exact) mass is 300 g/mol. The summed E-state index contributed by atoms with van der Waals surface area (Å²) in [6, 6.07) is 2.88. The Labute approximate surface area is 116 Å². The molecule has 2 rings (SSSR count). The average Bonchev–Trinajstić information content (AvgIpc) is 2.68. The quantitative estimate of drug-likeness (QED) is 0.845. The van der Waals surface area contributed by atoms with Crippen molar-refractivity contribution < 1.29 is 8.42 Å². The Morgan fingerprint density at radius 2 is 2.11 bits per heavy atom. The summed E-state index contributed by atoms with van der Waals surface area (Å²) in [6.45, 7) is 1.63. The number of aromatic nitrogens is 2. The van der Waals surface area contributed by atoms with Gasteiger partial charge in [0.2, 0.25) is 0 Å². The van der Waals surface area contributed by atoms with Gasteiger partial charge >= 0.3 is 0 Å². The van der Waals surface area contributed by atoms with Gasteiger partial charge in [-0.25, -0.2) is 8.42 Å². The van der Waals surface area contributed by atoms with Crippen LogP contribution in [0.15, 0.2) is 29.4 Å². The number of hydrogen-bond acceptors (Lipinski definition) is 4. The number of nitrogen functional groups attached to an aromatic ring is 1. The number of sulfonamides is 1. The number of nitrogens with one attached hydrogen (secondary N) is 1. The van der Waals surface area contributed by atoms with Gasteiger partial charge in [-0.05, 0) is 24.6 Å². The molecule has 0 saturated heterocycles. The summed E-state index contributed by atoms with van der Waals surface area (Å²) in [5.41, 5.74) is 6.89. The molecule has 1 aromatic heterocycles. The minimum absolute atomic E-state index is 0.0568. The molecule has 0 amide bonds. The molecule has 102 valence electrons. The zero-order chi connectivity index (χ0) is 14.2. The highest BCUT2D eigenvalue weighted by atomic mass is 35.5. The highest BCUT2D eigenvalue weighted by molar-refractivity contribution is 7.92. The summed E-state index contributed by atoms with van der Waals surface area (Å²) in [5, 5.41) is 4.16. The van der Waals surface area contributed by atoms with E-state index in [-0.39, 0.29) is 9.92 Å². The first-order chi connectivity index (χ1) is 8.79. The van der Waals surface area contributed by atoms with Crippen LogP contribution < -0.4 is 10.5 Å². The number of benzene rings is 1. The molecule has 0 aliphatic heterocycles. The lowest BCUT2D eigenvalue weighted by molar-refractivity contribution is 0.600. The maximum Gasteiger partial charge on any atom is 0.262 e. The molecule has 3 N–H and O–H groups in total. The standard InChI is InChI=1S/C11H13ClN4O2S/c1-7-10(13)3-8(12)4-11(7)19(17,18)15-9-5-14-16(2)6-9/h3-6,15H,13H2,1-2H3. The Balaban J connectivity index is 2.45. The predicted octanol–water partition coefficient (Wildman–Crippen LogP) is 1.76. The minimum atomic E-state index is -3.74. The minimum Gasteiger partial charge on any atom is -0.398 e. The zero-order valence-corrected chi connectivity index (χ0v) is 12.0. The lowest BCUT2D eigenvalue weighted by Gasteiger charge is -2.11. The first kappa shape index (κ1) is 13.7. The van der Waals surface area contributed by atoms with Gasteiger partial charge in [0.05, 0.1) is 16.8 Å². The fourth-order valence-corrected chi connectivity index (χ4v) is 3.26. The Bertz CT molecular complexity index is 724. The van der Waals surface area contributed by atoms with Crippen molar-refractivity contribution in [1.29, 1.82) is 0 Å². The molecule has 0 radical (unpaired) electrons. The highest BCUT2D eigenvalue weighted by Gasteiger charge is 2.19. The van der Waals surface area contributed by atoms with E-state index in [9.17, 15) is 8.42 Å². The van der Waals surface area contributed by atoms with Crippen molar-refractivity contribution in [2.45, 2.75) is 11.8 Å². The molecule has 0 unspecified atom stereocenters. The molecule has 6 nitrogen and oxygen atoms in total. The summed E-state index contributed by atoms with van der Waals surface area (Å²) in [4.78, 5) is 0.0568. The van der Waals surface area contributed by atoms with Crippen molar-refractivity contribution >= 4 is 33.0 Å². The third-order valence-electron chi connectivity index (χ3n) is 2.61. The van der Waals surface area contributed by atoms with Gasteiger partial charge in [0, 0.05) is 24.0 Å². The van der Waals surface area contributed by atoms with Crippen molar-refractivity contribution in [1.82, 2.24) is 9.78 Å². The van der Waals surface area contributed by atoms with E-state index in [1.165, 1.54) is 23.0 Å². The number of anilines is 2. The van der Waals surface area contributed by atoms with E-state index in [4.69, 9.17) is 17.3 Å². The second-order valence-corrected chi connectivity index (χ2v) is 6.21. The number of halogens is 1. The van der Waals surface area contributed by atoms with E-state index < -0.39 is 10.0 Å². The van der Waals surface area contributed by atoms with Crippen LogP contribution in [-0.2, 0) is 17.1 Å². The highest BCUT2D eigenvalue weighted by Crippen LogP contribution is 2.27. The fourth-order valence-electron chi connectivity index (χ4n) is 1.64. The van der Waals surface area contributed by atoms with Crippen molar-refractivity contribution in [2.24, 2.45) is 7.05 Å². The van der Waals surface area contributed by atoms with Crippen LogP contribution in [0.2, 0.25) is 5.02 Å². The molecule has 8 heteroatoms. The first-order valence-corrected chi connectivity index (χ1v) is 7.23. The molecule has 0 aliphatic carbocycles. The van der Waals surface area contributed by atoms with Crippen LogP contribution in [-0.4, -0.2) is 18.2 Å². The van der Waals surface area contributed by atoms with Crippen LogP contribution in [0.25, 0.3) is 0 Å². The van der Waals surface area contributed by atoms with Gasteiger partial charge in [0.15, 0.2) is 0 Å². The largest absolute Gasteiger partial charge is 0.398 e. The Morgan fingerprint density at radius 3 is 2.68 bits per heavy atom. The van der Waals surface area contributed by atoms with E-state index in [0.29, 0.717) is 16.9 Å². The molecule has 0 aliphatic rings. The summed E-state index contributed by atoms with van der Waals surface area (Å²) >= 11 is 5.85. The third-order valence-corrected chi connectivity index (χ3v) is 4.34. The predicted molar refractivity (Wildman–Crippen MR) is 74.6 cm³/mol. The number of aryl methyl sites for hydroxylation is 1. The summed E-state index contributed by atoms with van der Waals surface area (Å²) in [6.07, 6.45) is 2.97. The molecule has 0 spiro atoms. The molecule has 0 saturated carbocycles. The Morgan fingerprint density at radius 1 is 1.42 bits per heavy atom. The van der Waals surface area contributed by atoms with Gasteiger partial charge < -0.3 is 5.73 Å². The van der Waals surface area contributed by atoms with Gasteiger partial charge in [-0.1, -0.05) is 11.6 Å². The molecule has 2 aromatic rings. The lowest BCUT2D eigenvalue weighted by atomic mass is 10.2. The van der Waals surface area contributed by atoms with Crippen molar-refractivity contribution in [3.63, 3.8) is 0 Å². The topological polar surface area (TPSA) is 90.0 Å². The van der Waals surface area contributed by atoms with Crippen molar-refractivity contribution in [3.8, 4) is 0 Å². The third kappa shape index (κ3) is 2.82. The van der Waals surface area contributed by atoms with Gasteiger partial charge in [0.25, 0.3) is 10.0 Å². The summed E-state index contributed by atoms with van der Waals surface area (Å²) in [7, 11) is -2.05. The number of hydrogen-bond donors (Lipinski definition) is 2. The second-order valence-electron chi connectivity index (χ2n) is 4.13. The molecular weight excluding hydrogens is 288 g/mol. The number of rotatable bonds is 3. The molecule has 19 heavy (non-hydrogen) atoms. The van der Waals surface area contributed by atoms with Gasteiger partial charge in [-0.3, -0.25) is 9.40 Å². The fraction of sp³-hybridized carbons (Fsp3) is 0.182. The van der Waals surface area contributed by atoms with E-state index >= 15 is 0 Å². The smallest absolute Gasteiger partial charge is 0.262 e. The van der Waals surface area contributed by atoms with Gasteiger partial charge in [0.1, 0.15) is 0 Å². The maximum atomic E-state index is 12.3. The Hall–Kier alpha value is -1.73. The average molecular weight is 301 g/mol. The van der Waals surface area contributed by atoms with Gasteiger partial charge in [-0.2, -0.15) is 5.10 Å². The normalized spacial score (nSPS) is 11.5. The molecule has 1 heterocycles. The van der Waals surface area contributed by atoms with Crippen LogP contribution in [0.1, 0.15) is 5.56 Å². The van der Waals surface area contributed by atoms with E-state index in [2.05, 4.69) is 9.82 Å². The van der Waals surface area contributed by atoms with Crippen LogP contribution >= 0.6 is 11.6 Å². The molecular formula is C11H13ClN4O2S. The van der Waals surface area contributed by atoms with E-state index in [1.807, 2.05) is 0 Å². The number of nitrogens with zero attached hydrogens (tertiary/aromatic N) is 2. The van der Waals surface area contributed by atoms with Crippen molar-refractivity contribution in [3.05, 3.63) is 35.1 Å². The molecule has 0 bridgehead atoms. The zero-order valence-electron chi connectivity index (χ0n) is 10.4. The van der Waals surface area contributed by atoms with Crippen LogP contribution in [0, 0.1) is 6.92 Å². The summed E-state index contributed by atoms with van der Waals surface area (Å²) in [5.74, 6) is 0. The molecule has 1 aromatic carbocycles. The lowest BCUT2D eigenvalue weighted by Crippen LogP contribution is -2.14. The second kappa shape index (κ2) is 4.75. The first-order valence-electron chi connectivity index (χ1n) is 5.36. The van der Waals surface area contributed by atoms with Crippen LogP contribution in [0.5, 0.6) is 0 Å². The van der Waals surface area contributed by atoms with E-state index in [1.54, 1.807) is 20.2 Å². The SMILES string of the molecule is Cc1c(N)cc(Cl)cc1S(=O)(=O)Nc1cnn(C)c1. The number of nitrogens with two attached hydrogens (primary N) is 1. The molecule has 0 atom stereocenters. The Kier molecular flexibility index (Phi) is 3.42. The molecule has 0 fully saturated rings. The van der Waals surface area contributed by atoms with Crippen LogP contribution in [0.3, 0.4) is 0 Å². The van der Waals surface area contributed by atoms with Crippen molar-refractivity contribution in [2.75, 3.05) is 10.5 Å².